The van der Waals surface area contributed by atoms with E-state index in [-0.39, 0.29) is 5.92 Å². The quantitative estimate of drug-likeness (QED) is 0.739. The lowest BCUT2D eigenvalue weighted by atomic mass is 10.1. The number of aryl methyl sites for hydroxylation is 2. The van der Waals surface area contributed by atoms with Crippen LogP contribution in [0.4, 0.5) is 0 Å². The van der Waals surface area contributed by atoms with Crippen LogP contribution >= 0.6 is 0 Å². The summed E-state index contributed by atoms with van der Waals surface area (Å²) in [5.41, 5.74) is 0.998. The molecular formula is C11H16N2O2S. The summed E-state index contributed by atoms with van der Waals surface area (Å²) in [5.74, 6) is 1.91. The Morgan fingerprint density at radius 3 is 2.94 bits per heavy atom. The number of imidazole rings is 1. The second-order valence-corrected chi connectivity index (χ2v) is 7.06. The van der Waals surface area contributed by atoms with Gasteiger partial charge in [-0.25, -0.2) is 13.4 Å². The molecule has 1 aromatic rings. The molecule has 2 aliphatic heterocycles. The van der Waals surface area contributed by atoms with E-state index in [1.165, 1.54) is 12.8 Å². The molecular weight excluding hydrogens is 224 g/mol. The van der Waals surface area contributed by atoms with E-state index in [1.807, 2.05) is 0 Å². The number of fused-ring (bicyclic) bond motifs is 1. The van der Waals surface area contributed by atoms with Crippen LogP contribution in [-0.2, 0) is 22.8 Å². The third-order valence-corrected chi connectivity index (χ3v) is 5.35. The van der Waals surface area contributed by atoms with Gasteiger partial charge in [0.25, 0.3) is 0 Å². The highest BCUT2D eigenvalue weighted by Crippen LogP contribution is 2.29. The molecule has 3 rings (SSSR count). The predicted octanol–water partition coefficient (Wildman–Crippen LogP) is 1.12. The largest absolute Gasteiger partial charge is 0.335 e. The minimum atomic E-state index is -2.79. The summed E-state index contributed by atoms with van der Waals surface area (Å²) >= 11 is 0. The smallest absolute Gasteiger partial charge is 0.151 e. The molecule has 1 aromatic heterocycles. The first-order chi connectivity index (χ1) is 7.64. The van der Waals surface area contributed by atoms with E-state index >= 15 is 0 Å². The standard InChI is InChI=1S/C11H16N2O2S/c14-16(15)6-4-9(8-16)10-7-13-5-2-1-3-11(13)12-10/h7,9H,1-6,8H2. The third-order valence-electron chi connectivity index (χ3n) is 3.58. The molecule has 4 nitrogen and oxygen atoms in total. The summed E-state index contributed by atoms with van der Waals surface area (Å²) in [6.07, 6.45) is 6.28. The number of hydrogen-bond acceptors (Lipinski definition) is 3. The normalized spacial score (nSPS) is 27.9. The first-order valence-corrected chi connectivity index (χ1v) is 7.72. The molecule has 3 heterocycles. The minimum absolute atomic E-state index is 0.142. The summed E-state index contributed by atoms with van der Waals surface area (Å²) in [5, 5.41) is 0. The lowest BCUT2D eigenvalue weighted by Gasteiger charge is -2.11. The highest BCUT2D eigenvalue weighted by Gasteiger charge is 2.31. The van der Waals surface area contributed by atoms with Crippen LogP contribution in [0.5, 0.6) is 0 Å². The van der Waals surface area contributed by atoms with Gasteiger partial charge in [0.15, 0.2) is 9.84 Å². The van der Waals surface area contributed by atoms with Crippen LogP contribution in [0.25, 0.3) is 0 Å². The van der Waals surface area contributed by atoms with Gasteiger partial charge in [0, 0.05) is 25.1 Å². The Kier molecular flexibility index (Phi) is 2.31. The second kappa shape index (κ2) is 3.58. The zero-order chi connectivity index (χ0) is 11.2. The monoisotopic (exact) mass is 240 g/mol. The van der Waals surface area contributed by atoms with Gasteiger partial charge >= 0.3 is 0 Å². The average molecular weight is 240 g/mol. The van der Waals surface area contributed by atoms with Crippen molar-refractivity contribution in [2.45, 2.75) is 38.1 Å². The maximum absolute atomic E-state index is 11.4. The molecule has 0 saturated carbocycles. The molecule has 0 aliphatic carbocycles. The van der Waals surface area contributed by atoms with Crippen molar-refractivity contribution in [1.29, 1.82) is 0 Å². The van der Waals surface area contributed by atoms with Crippen molar-refractivity contribution in [3.8, 4) is 0 Å². The summed E-state index contributed by atoms with van der Waals surface area (Å²) < 4.78 is 25.0. The maximum atomic E-state index is 11.4. The second-order valence-electron chi connectivity index (χ2n) is 4.83. The number of aromatic nitrogens is 2. The van der Waals surface area contributed by atoms with Gasteiger partial charge in [-0.15, -0.1) is 0 Å². The summed E-state index contributed by atoms with van der Waals surface area (Å²) in [6.45, 7) is 1.04. The number of hydrogen-bond donors (Lipinski definition) is 0. The zero-order valence-corrected chi connectivity index (χ0v) is 10.0. The van der Waals surface area contributed by atoms with Crippen LogP contribution in [0.3, 0.4) is 0 Å². The van der Waals surface area contributed by atoms with Crippen LogP contribution in [0.1, 0.15) is 36.7 Å². The number of nitrogens with zero attached hydrogens (tertiary/aromatic N) is 2. The van der Waals surface area contributed by atoms with E-state index in [4.69, 9.17) is 0 Å². The molecule has 0 spiro atoms. The minimum Gasteiger partial charge on any atom is -0.335 e. The molecule has 0 bridgehead atoms. The molecule has 0 amide bonds. The fourth-order valence-corrected chi connectivity index (χ4v) is 4.42. The Labute approximate surface area is 95.6 Å². The SMILES string of the molecule is O=S1(=O)CCC(c2cn3c(n2)CCCC3)C1. The van der Waals surface area contributed by atoms with Gasteiger partial charge in [0.2, 0.25) is 0 Å². The molecule has 0 N–H and O–H groups in total. The fraction of sp³-hybridized carbons (Fsp3) is 0.727. The van der Waals surface area contributed by atoms with E-state index < -0.39 is 9.84 Å². The van der Waals surface area contributed by atoms with Crippen LogP contribution < -0.4 is 0 Å². The predicted molar refractivity (Wildman–Crippen MR) is 61.2 cm³/mol. The van der Waals surface area contributed by atoms with Crippen molar-refractivity contribution in [3.63, 3.8) is 0 Å². The molecule has 1 saturated heterocycles. The zero-order valence-electron chi connectivity index (χ0n) is 9.22. The van der Waals surface area contributed by atoms with E-state index in [9.17, 15) is 8.42 Å². The van der Waals surface area contributed by atoms with Crippen molar-refractivity contribution >= 4 is 9.84 Å². The molecule has 1 unspecified atom stereocenters. The summed E-state index contributed by atoms with van der Waals surface area (Å²) in [6, 6.07) is 0. The van der Waals surface area contributed by atoms with Gasteiger partial charge < -0.3 is 4.57 Å². The molecule has 0 radical (unpaired) electrons. The van der Waals surface area contributed by atoms with Crippen molar-refractivity contribution in [1.82, 2.24) is 9.55 Å². The van der Waals surface area contributed by atoms with E-state index in [0.29, 0.717) is 11.5 Å². The van der Waals surface area contributed by atoms with E-state index in [1.54, 1.807) is 0 Å². The Morgan fingerprint density at radius 1 is 1.38 bits per heavy atom. The number of rotatable bonds is 1. The van der Waals surface area contributed by atoms with Gasteiger partial charge in [-0.2, -0.15) is 0 Å². The first-order valence-electron chi connectivity index (χ1n) is 5.90. The fourth-order valence-electron chi connectivity index (χ4n) is 2.66. The average Bonchev–Trinajstić information content (AvgIpc) is 2.80. The van der Waals surface area contributed by atoms with E-state index in [2.05, 4.69) is 15.7 Å². The van der Waals surface area contributed by atoms with Gasteiger partial charge in [-0.3, -0.25) is 0 Å². The first kappa shape index (κ1) is 10.3. The van der Waals surface area contributed by atoms with Crippen molar-refractivity contribution in [3.05, 3.63) is 17.7 Å². The van der Waals surface area contributed by atoms with Crippen molar-refractivity contribution < 1.29 is 8.42 Å². The summed E-state index contributed by atoms with van der Waals surface area (Å²) in [4.78, 5) is 4.60. The van der Waals surface area contributed by atoms with Gasteiger partial charge in [0.1, 0.15) is 5.82 Å². The Balaban J connectivity index is 1.88. The topological polar surface area (TPSA) is 52.0 Å². The molecule has 1 atom stereocenters. The molecule has 88 valence electrons. The molecule has 1 fully saturated rings. The van der Waals surface area contributed by atoms with Gasteiger partial charge in [-0.1, -0.05) is 0 Å². The van der Waals surface area contributed by atoms with Gasteiger partial charge in [-0.05, 0) is 19.3 Å². The molecule has 2 aliphatic rings. The lowest BCUT2D eigenvalue weighted by Crippen LogP contribution is -2.08. The highest BCUT2D eigenvalue weighted by atomic mass is 32.2. The Bertz CT molecular complexity index is 481. The lowest BCUT2D eigenvalue weighted by molar-refractivity contribution is 0.522. The van der Waals surface area contributed by atoms with E-state index in [0.717, 1.165) is 30.9 Å². The molecule has 5 heteroatoms. The third kappa shape index (κ3) is 1.77. The Morgan fingerprint density at radius 2 is 2.25 bits per heavy atom. The van der Waals surface area contributed by atoms with Gasteiger partial charge in [0.05, 0.1) is 17.2 Å². The van der Waals surface area contributed by atoms with Crippen LogP contribution in [0.15, 0.2) is 6.20 Å². The molecule has 16 heavy (non-hydrogen) atoms. The number of sulfone groups is 1. The summed E-state index contributed by atoms with van der Waals surface area (Å²) in [7, 11) is -2.79. The van der Waals surface area contributed by atoms with Crippen molar-refractivity contribution in [2.24, 2.45) is 0 Å². The van der Waals surface area contributed by atoms with Crippen molar-refractivity contribution in [2.75, 3.05) is 11.5 Å². The maximum Gasteiger partial charge on any atom is 0.151 e. The Hall–Kier alpha value is -0.840. The van der Waals surface area contributed by atoms with Crippen LogP contribution in [0.2, 0.25) is 0 Å². The van der Waals surface area contributed by atoms with Crippen LogP contribution in [0, 0.1) is 0 Å². The molecule has 0 aromatic carbocycles. The van der Waals surface area contributed by atoms with Crippen LogP contribution in [-0.4, -0.2) is 29.5 Å². The highest BCUT2D eigenvalue weighted by molar-refractivity contribution is 7.91.